The molecule has 0 heterocycles. The van der Waals surface area contributed by atoms with Crippen molar-refractivity contribution in [1.82, 2.24) is 5.43 Å². The van der Waals surface area contributed by atoms with Crippen LogP contribution < -0.4 is 11.3 Å². The van der Waals surface area contributed by atoms with Gasteiger partial charge in [-0.1, -0.05) is 71.1 Å². The topological polar surface area (TPSA) is 72.2 Å². The predicted octanol–water partition coefficient (Wildman–Crippen LogP) is 3.56. The molecule has 0 aliphatic heterocycles. The van der Waals surface area contributed by atoms with Gasteiger partial charge in [-0.15, -0.1) is 0 Å². The average Bonchev–Trinajstić information content (AvgIpc) is 2.43. The van der Waals surface area contributed by atoms with Crippen molar-refractivity contribution in [2.75, 3.05) is 6.26 Å². The van der Waals surface area contributed by atoms with Crippen molar-refractivity contribution < 1.29 is 8.42 Å². The van der Waals surface area contributed by atoms with Crippen molar-refractivity contribution in [1.29, 1.82) is 0 Å². The molecule has 128 valence electrons. The van der Waals surface area contributed by atoms with Crippen molar-refractivity contribution in [3.8, 4) is 0 Å². The van der Waals surface area contributed by atoms with Gasteiger partial charge >= 0.3 is 0 Å². The molecule has 3 N–H and O–H groups in total. The third-order valence-corrected chi connectivity index (χ3v) is 6.00. The van der Waals surface area contributed by atoms with Gasteiger partial charge in [0.1, 0.15) is 0 Å². The highest BCUT2D eigenvalue weighted by Gasteiger charge is 2.24. The van der Waals surface area contributed by atoms with Gasteiger partial charge in [0.15, 0.2) is 9.84 Å². The maximum Gasteiger partial charge on any atom is 0.151 e. The predicted molar refractivity (Wildman–Crippen MR) is 91.9 cm³/mol. The molecule has 0 spiro atoms. The molecule has 2 atom stereocenters. The molecule has 0 radical (unpaired) electrons. The highest BCUT2D eigenvalue weighted by atomic mass is 32.2. The van der Waals surface area contributed by atoms with E-state index < -0.39 is 15.1 Å². The number of hydrogen-bond donors (Lipinski definition) is 2. The third-order valence-electron chi connectivity index (χ3n) is 4.32. The second-order valence-electron chi connectivity index (χ2n) is 6.28. The van der Waals surface area contributed by atoms with Crippen molar-refractivity contribution in [2.45, 2.75) is 95.8 Å². The van der Waals surface area contributed by atoms with Gasteiger partial charge in [-0.05, 0) is 13.3 Å². The van der Waals surface area contributed by atoms with E-state index in [1.54, 1.807) is 6.92 Å². The maximum absolute atomic E-state index is 11.5. The Morgan fingerprint density at radius 1 is 0.905 bits per heavy atom. The van der Waals surface area contributed by atoms with Gasteiger partial charge < -0.3 is 0 Å². The Balaban J connectivity index is 3.56. The molecule has 0 saturated carbocycles. The number of sulfone groups is 1. The zero-order chi connectivity index (χ0) is 16.1. The highest BCUT2D eigenvalue weighted by Crippen LogP contribution is 2.14. The lowest BCUT2D eigenvalue weighted by Gasteiger charge is -2.21. The summed E-state index contributed by atoms with van der Waals surface area (Å²) in [5.74, 6) is 5.48. The monoisotopic (exact) mass is 320 g/mol. The molecule has 2 unspecified atom stereocenters. The van der Waals surface area contributed by atoms with E-state index in [4.69, 9.17) is 5.84 Å². The molecular formula is C16H36N2O2S. The summed E-state index contributed by atoms with van der Waals surface area (Å²) in [5.41, 5.74) is 2.66. The van der Waals surface area contributed by atoms with Gasteiger partial charge in [-0.3, -0.25) is 11.3 Å². The summed E-state index contributed by atoms with van der Waals surface area (Å²) in [5, 5.41) is -0.416. The zero-order valence-electron chi connectivity index (χ0n) is 14.2. The molecule has 0 aliphatic carbocycles. The van der Waals surface area contributed by atoms with E-state index in [0.717, 1.165) is 12.8 Å². The summed E-state index contributed by atoms with van der Waals surface area (Å²) < 4.78 is 23.0. The van der Waals surface area contributed by atoms with Gasteiger partial charge in [-0.2, -0.15) is 0 Å². The van der Waals surface area contributed by atoms with Crippen LogP contribution in [-0.2, 0) is 9.84 Å². The molecule has 0 fully saturated rings. The summed E-state index contributed by atoms with van der Waals surface area (Å²) in [6.45, 7) is 3.98. The minimum absolute atomic E-state index is 0.131. The lowest BCUT2D eigenvalue weighted by Crippen LogP contribution is -2.45. The number of rotatable bonds is 14. The number of unbranched alkanes of at least 4 members (excludes halogenated alkanes) is 9. The lowest BCUT2D eigenvalue weighted by atomic mass is 10.0. The van der Waals surface area contributed by atoms with Crippen LogP contribution in [0.1, 0.15) is 84.5 Å². The number of hydrazine groups is 1. The second-order valence-corrected chi connectivity index (χ2v) is 8.68. The van der Waals surface area contributed by atoms with Gasteiger partial charge in [0.25, 0.3) is 0 Å². The van der Waals surface area contributed by atoms with Crippen LogP contribution in [0, 0.1) is 0 Å². The van der Waals surface area contributed by atoms with Gasteiger partial charge in [0.05, 0.1) is 5.25 Å². The number of nitrogens with two attached hydrogens (primary N) is 1. The third kappa shape index (κ3) is 11.1. The smallest absolute Gasteiger partial charge is 0.151 e. The van der Waals surface area contributed by atoms with Crippen LogP contribution >= 0.6 is 0 Å². The van der Waals surface area contributed by atoms with Crippen molar-refractivity contribution in [2.24, 2.45) is 5.84 Å². The Morgan fingerprint density at radius 3 is 1.71 bits per heavy atom. The van der Waals surface area contributed by atoms with Gasteiger partial charge in [0, 0.05) is 12.3 Å². The van der Waals surface area contributed by atoms with E-state index in [1.165, 1.54) is 64.0 Å². The maximum atomic E-state index is 11.5. The standard InChI is InChI=1S/C16H36N2O2S/c1-4-5-6-7-8-9-10-11-12-13-14-16(18-17)15(2)21(3,19)20/h15-16,18H,4-14,17H2,1-3H3. The average molecular weight is 321 g/mol. The summed E-state index contributed by atoms with van der Waals surface area (Å²) in [6.07, 6.45) is 15.0. The Labute approximate surface area is 132 Å². The van der Waals surface area contributed by atoms with E-state index in [0.29, 0.717) is 0 Å². The van der Waals surface area contributed by atoms with Crippen LogP contribution in [0.5, 0.6) is 0 Å². The minimum atomic E-state index is -3.02. The molecule has 0 aliphatic rings. The van der Waals surface area contributed by atoms with Gasteiger partial charge in [-0.25, -0.2) is 8.42 Å². The molecule has 0 rings (SSSR count). The summed E-state index contributed by atoms with van der Waals surface area (Å²) in [6, 6.07) is -0.131. The Hall–Kier alpha value is -0.130. The quantitative estimate of drug-likeness (QED) is 0.291. The van der Waals surface area contributed by atoms with Crippen molar-refractivity contribution in [3.05, 3.63) is 0 Å². The second kappa shape index (κ2) is 12.4. The molecule has 0 bridgehead atoms. The fourth-order valence-corrected chi connectivity index (χ4v) is 3.42. The first-order valence-corrected chi connectivity index (χ1v) is 10.5. The first-order chi connectivity index (χ1) is 9.93. The van der Waals surface area contributed by atoms with Crippen LogP contribution in [-0.4, -0.2) is 26.0 Å². The molecule has 0 saturated heterocycles. The minimum Gasteiger partial charge on any atom is -0.271 e. The molecule has 0 amide bonds. The number of nitrogens with one attached hydrogen (secondary N) is 1. The number of hydrogen-bond acceptors (Lipinski definition) is 4. The van der Waals surface area contributed by atoms with Crippen LogP contribution in [0.3, 0.4) is 0 Å². The SMILES string of the molecule is CCCCCCCCCCCCC(NN)C(C)S(C)(=O)=O. The molecule has 0 aromatic rings. The van der Waals surface area contributed by atoms with Gasteiger partial charge in [0.2, 0.25) is 0 Å². The molecule has 5 heteroatoms. The van der Waals surface area contributed by atoms with E-state index in [-0.39, 0.29) is 6.04 Å². The van der Waals surface area contributed by atoms with Crippen molar-refractivity contribution in [3.63, 3.8) is 0 Å². The highest BCUT2D eigenvalue weighted by molar-refractivity contribution is 7.91. The fourth-order valence-electron chi connectivity index (χ4n) is 2.60. The van der Waals surface area contributed by atoms with Crippen LogP contribution in [0.2, 0.25) is 0 Å². The van der Waals surface area contributed by atoms with E-state index in [1.807, 2.05) is 0 Å². The molecule has 21 heavy (non-hydrogen) atoms. The van der Waals surface area contributed by atoms with Crippen molar-refractivity contribution >= 4 is 9.84 Å². The fraction of sp³-hybridized carbons (Fsp3) is 1.00. The van der Waals surface area contributed by atoms with E-state index >= 15 is 0 Å². The zero-order valence-corrected chi connectivity index (χ0v) is 15.1. The first kappa shape index (κ1) is 20.9. The summed E-state index contributed by atoms with van der Waals surface area (Å²) >= 11 is 0. The van der Waals surface area contributed by atoms with Crippen LogP contribution in [0.25, 0.3) is 0 Å². The molecule has 4 nitrogen and oxygen atoms in total. The van der Waals surface area contributed by atoms with E-state index in [9.17, 15) is 8.42 Å². The molecule has 0 aromatic carbocycles. The molecule has 0 aromatic heterocycles. The molecular weight excluding hydrogens is 284 g/mol. The normalized spacial score (nSPS) is 15.0. The Kier molecular flexibility index (Phi) is 12.3. The Bertz CT molecular complexity index is 331. The Morgan fingerprint density at radius 2 is 1.33 bits per heavy atom. The first-order valence-electron chi connectivity index (χ1n) is 8.58. The summed E-state index contributed by atoms with van der Waals surface area (Å²) in [4.78, 5) is 0. The lowest BCUT2D eigenvalue weighted by molar-refractivity contribution is 0.444. The van der Waals surface area contributed by atoms with Crippen LogP contribution in [0.15, 0.2) is 0 Å². The summed E-state index contributed by atoms with van der Waals surface area (Å²) in [7, 11) is -3.02. The van der Waals surface area contributed by atoms with E-state index in [2.05, 4.69) is 12.3 Å². The van der Waals surface area contributed by atoms with Crippen LogP contribution in [0.4, 0.5) is 0 Å². The largest absolute Gasteiger partial charge is 0.271 e.